The van der Waals surface area contributed by atoms with Crippen molar-refractivity contribution in [3.8, 4) is 5.69 Å². The molecule has 0 radical (unpaired) electrons. The van der Waals surface area contributed by atoms with Crippen LogP contribution in [0.2, 0.25) is 0 Å². The summed E-state index contributed by atoms with van der Waals surface area (Å²) in [4.78, 5) is 23.8. The fourth-order valence-electron chi connectivity index (χ4n) is 2.23. The van der Waals surface area contributed by atoms with Gasteiger partial charge in [0.15, 0.2) is 5.54 Å². The van der Waals surface area contributed by atoms with Gasteiger partial charge in [-0.25, -0.2) is 13.9 Å². The SMILES string of the molecule is COCC(C)(NC(=O)c1cnn(-c2ccc(F)cc2)c1C)C(=O)O. The molecule has 128 valence electrons. The third-order valence-corrected chi connectivity index (χ3v) is 3.62. The second-order valence-electron chi connectivity index (χ2n) is 5.56. The second kappa shape index (κ2) is 6.79. The van der Waals surface area contributed by atoms with E-state index in [1.807, 2.05) is 0 Å². The molecule has 0 saturated heterocycles. The van der Waals surface area contributed by atoms with Gasteiger partial charge in [0.2, 0.25) is 0 Å². The molecular formula is C16H18FN3O4. The Morgan fingerprint density at radius 2 is 2.00 bits per heavy atom. The molecule has 1 atom stereocenters. The lowest BCUT2D eigenvalue weighted by Crippen LogP contribution is -2.55. The van der Waals surface area contributed by atoms with Crippen molar-refractivity contribution in [3.63, 3.8) is 0 Å². The summed E-state index contributed by atoms with van der Waals surface area (Å²) >= 11 is 0. The highest BCUT2D eigenvalue weighted by molar-refractivity contribution is 5.98. The number of methoxy groups -OCH3 is 1. The molecule has 1 aromatic heterocycles. The zero-order chi connectivity index (χ0) is 17.9. The van der Waals surface area contributed by atoms with Crippen LogP contribution in [0.3, 0.4) is 0 Å². The molecule has 0 aliphatic heterocycles. The van der Waals surface area contributed by atoms with Crippen molar-refractivity contribution < 1.29 is 23.8 Å². The van der Waals surface area contributed by atoms with Crippen LogP contribution in [0.5, 0.6) is 0 Å². The molecule has 1 unspecified atom stereocenters. The molecule has 0 bridgehead atoms. The third-order valence-electron chi connectivity index (χ3n) is 3.62. The molecule has 2 N–H and O–H groups in total. The van der Waals surface area contributed by atoms with E-state index in [1.54, 1.807) is 6.92 Å². The van der Waals surface area contributed by atoms with E-state index in [-0.39, 0.29) is 18.0 Å². The predicted molar refractivity (Wildman–Crippen MR) is 83.6 cm³/mol. The number of carbonyl (C=O) groups is 2. The average Bonchev–Trinajstić information content (AvgIpc) is 2.90. The van der Waals surface area contributed by atoms with E-state index in [1.165, 1.54) is 49.2 Å². The van der Waals surface area contributed by atoms with Crippen LogP contribution >= 0.6 is 0 Å². The van der Waals surface area contributed by atoms with Crippen LogP contribution < -0.4 is 5.32 Å². The van der Waals surface area contributed by atoms with Crippen LogP contribution in [0.25, 0.3) is 5.69 Å². The molecule has 0 aliphatic carbocycles. The van der Waals surface area contributed by atoms with Gasteiger partial charge in [-0.05, 0) is 38.1 Å². The number of halogens is 1. The monoisotopic (exact) mass is 335 g/mol. The van der Waals surface area contributed by atoms with Crippen molar-refractivity contribution in [2.24, 2.45) is 0 Å². The van der Waals surface area contributed by atoms with Crippen molar-refractivity contribution >= 4 is 11.9 Å². The lowest BCUT2D eigenvalue weighted by atomic mass is 10.0. The lowest BCUT2D eigenvalue weighted by molar-refractivity contribution is -0.145. The number of carboxylic acid groups (broad SMARTS) is 1. The Morgan fingerprint density at radius 1 is 1.38 bits per heavy atom. The van der Waals surface area contributed by atoms with Gasteiger partial charge < -0.3 is 15.2 Å². The number of nitrogens with zero attached hydrogens (tertiary/aromatic N) is 2. The molecular weight excluding hydrogens is 317 g/mol. The minimum Gasteiger partial charge on any atom is -0.479 e. The highest BCUT2D eigenvalue weighted by atomic mass is 19.1. The summed E-state index contributed by atoms with van der Waals surface area (Å²) in [5, 5.41) is 15.8. The molecule has 0 fully saturated rings. The molecule has 0 saturated carbocycles. The van der Waals surface area contributed by atoms with Gasteiger partial charge in [0.25, 0.3) is 5.91 Å². The maximum absolute atomic E-state index is 13.0. The van der Waals surface area contributed by atoms with Gasteiger partial charge >= 0.3 is 5.97 Å². The summed E-state index contributed by atoms with van der Waals surface area (Å²) in [7, 11) is 1.35. The van der Waals surface area contributed by atoms with E-state index in [0.29, 0.717) is 11.4 Å². The molecule has 0 aliphatic rings. The van der Waals surface area contributed by atoms with Gasteiger partial charge in [-0.1, -0.05) is 0 Å². The minimum absolute atomic E-state index is 0.181. The molecule has 24 heavy (non-hydrogen) atoms. The van der Waals surface area contributed by atoms with Gasteiger partial charge in [0.1, 0.15) is 5.82 Å². The third kappa shape index (κ3) is 3.43. The summed E-state index contributed by atoms with van der Waals surface area (Å²) in [6.07, 6.45) is 1.34. The fourth-order valence-corrected chi connectivity index (χ4v) is 2.23. The van der Waals surface area contributed by atoms with Gasteiger partial charge in [-0.15, -0.1) is 0 Å². The number of aliphatic carboxylic acids is 1. The largest absolute Gasteiger partial charge is 0.479 e. The molecule has 7 nitrogen and oxygen atoms in total. The number of ether oxygens (including phenoxy) is 1. The summed E-state index contributed by atoms with van der Waals surface area (Å²) in [6.45, 7) is 2.84. The zero-order valence-corrected chi connectivity index (χ0v) is 13.5. The van der Waals surface area contributed by atoms with Crippen molar-refractivity contribution in [2.75, 3.05) is 13.7 Å². The predicted octanol–water partition coefficient (Wildman–Crippen LogP) is 1.54. The van der Waals surface area contributed by atoms with Crippen LogP contribution in [0, 0.1) is 12.7 Å². The second-order valence-corrected chi connectivity index (χ2v) is 5.56. The van der Waals surface area contributed by atoms with Crippen molar-refractivity contribution in [1.82, 2.24) is 15.1 Å². The number of rotatable bonds is 6. The highest BCUT2D eigenvalue weighted by Gasteiger charge is 2.36. The number of hydrogen-bond donors (Lipinski definition) is 2. The number of benzene rings is 1. The van der Waals surface area contributed by atoms with Crippen molar-refractivity contribution in [1.29, 1.82) is 0 Å². The highest BCUT2D eigenvalue weighted by Crippen LogP contribution is 2.16. The Kier molecular flexibility index (Phi) is 4.99. The van der Waals surface area contributed by atoms with Crippen LogP contribution in [-0.2, 0) is 9.53 Å². The fraction of sp³-hybridized carbons (Fsp3) is 0.312. The zero-order valence-electron chi connectivity index (χ0n) is 13.5. The summed E-state index contributed by atoms with van der Waals surface area (Å²) < 4.78 is 19.4. The molecule has 1 heterocycles. The van der Waals surface area contributed by atoms with E-state index < -0.39 is 17.4 Å². The quantitative estimate of drug-likeness (QED) is 0.835. The van der Waals surface area contributed by atoms with Gasteiger partial charge in [0.05, 0.1) is 29.7 Å². The molecule has 8 heteroatoms. The molecule has 0 spiro atoms. The van der Waals surface area contributed by atoms with Crippen molar-refractivity contribution in [3.05, 3.63) is 47.5 Å². The topological polar surface area (TPSA) is 93.5 Å². The van der Waals surface area contributed by atoms with Gasteiger partial charge in [0, 0.05) is 7.11 Å². The number of amides is 1. The summed E-state index contributed by atoms with van der Waals surface area (Å²) in [5.74, 6) is -2.16. The normalized spacial score (nSPS) is 13.3. The number of nitrogens with one attached hydrogen (secondary N) is 1. The Hall–Kier alpha value is -2.74. The summed E-state index contributed by atoms with van der Waals surface area (Å²) in [5.41, 5.74) is -0.242. The van der Waals surface area contributed by atoms with Crippen LogP contribution in [0.15, 0.2) is 30.5 Å². The van der Waals surface area contributed by atoms with Crippen molar-refractivity contribution in [2.45, 2.75) is 19.4 Å². The van der Waals surface area contributed by atoms with Gasteiger partial charge in [-0.3, -0.25) is 4.79 Å². The molecule has 1 amide bonds. The van der Waals surface area contributed by atoms with E-state index in [2.05, 4.69) is 10.4 Å². The Labute approximate surface area is 138 Å². The molecule has 1 aromatic carbocycles. The Balaban J connectivity index is 2.28. The molecule has 2 rings (SSSR count). The van der Waals surface area contributed by atoms with Crippen LogP contribution in [0.4, 0.5) is 4.39 Å². The van der Waals surface area contributed by atoms with Gasteiger partial charge in [-0.2, -0.15) is 5.10 Å². The standard InChI is InChI=1S/C16H18FN3O4/c1-10-13(14(21)19-16(2,9-24-3)15(22)23)8-18-20(10)12-6-4-11(17)5-7-12/h4-8H,9H2,1-3H3,(H,19,21)(H,22,23). The van der Waals surface area contributed by atoms with E-state index >= 15 is 0 Å². The number of aromatic nitrogens is 2. The number of carbonyl (C=O) groups excluding carboxylic acids is 1. The smallest absolute Gasteiger partial charge is 0.331 e. The van der Waals surface area contributed by atoms with E-state index in [9.17, 15) is 19.1 Å². The lowest BCUT2D eigenvalue weighted by Gasteiger charge is -2.25. The molecule has 2 aromatic rings. The minimum atomic E-state index is -1.56. The average molecular weight is 335 g/mol. The maximum atomic E-state index is 13.0. The Bertz CT molecular complexity index is 757. The first-order valence-electron chi connectivity index (χ1n) is 7.14. The first kappa shape index (κ1) is 17.6. The van der Waals surface area contributed by atoms with Crippen LogP contribution in [-0.4, -0.2) is 46.0 Å². The van der Waals surface area contributed by atoms with E-state index in [0.717, 1.165) is 0 Å². The van der Waals surface area contributed by atoms with Crippen LogP contribution in [0.1, 0.15) is 23.0 Å². The maximum Gasteiger partial charge on any atom is 0.331 e. The Morgan fingerprint density at radius 3 is 2.54 bits per heavy atom. The van der Waals surface area contributed by atoms with E-state index in [4.69, 9.17) is 4.74 Å². The first-order chi connectivity index (χ1) is 11.3. The number of hydrogen-bond acceptors (Lipinski definition) is 4. The summed E-state index contributed by atoms with van der Waals surface area (Å²) in [6, 6.07) is 5.64. The number of carboxylic acids is 1. The first-order valence-corrected chi connectivity index (χ1v) is 7.14.